The van der Waals surface area contributed by atoms with Crippen molar-refractivity contribution in [1.29, 1.82) is 0 Å². The smallest absolute Gasteiger partial charge is 0.164 e. The normalized spacial score (nSPS) is 15.4. The lowest BCUT2D eigenvalue weighted by Gasteiger charge is -2.26. The van der Waals surface area contributed by atoms with Crippen molar-refractivity contribution in [3.05, 3.63) is 53.4 Å². The van der Waals surface area contributed by atoms with Crippen LogP contribution in [0.25, 0.3) is 16.9 Å². The van der Waals surface area contributed by atoms with Gasteiger partial charge in [-0.3, -0.25) is 9.58 Å². The van der Waals surface area contributed by atoms with E-state index in [-0.39, 0.29) is 5.82 Å². The standard InChI is InChI=1S/C23H27ClN8O3/c1-34-18-4-3-15(24)13-16(18)20-17(14-31(28-20)8-7-30-9-11-35-12-10-30)27-23(33)19-21(25)29-32-6-2-5-26-22(19)32/h2-6,13-14,23,27,33H,7-12H2,1H3,(H2,25,29). The number of nitrogens with zero attached hydrogens (tertiary/aromatic N) is 6. The first kappa shape index (κ1) is 23.4. The van der Waals surface area contributed by atoms with Crippen molar-refractivity contribution in [3.63, 3.8) is 0 Å². The number of hydrogen-bond acceptors (Lipinski definition) is 9. The summed E-state index contributed by atoms with van der Waals surface area (Å²) in [6.45, 7) is 4.73. The maximum Gasteiger partial charge on any atom is 0.164 e. The second-order valence-corrected chi connectivity index (χ2v) is 8.62. The molecular formula is C23H27ClN8O3. The van der Waals surface area contributed by atoms with Gasteiger partial charge in [-0.2, -0.15) is 5.10 Å². The molecule has 1 atom stereocenters. The summed E-state index contributed by atoms with van der Waals surface area (Å²) < 4.78 is 14.4. The minimum Gasteiger partial charge on any atom is -0.496 e. The van der Waals surface area contributed by atoms with Crippen molar-refractivity contribution in [3.8, 4) is 17.0 Å². The molecule has 3 aromatic heterocycles. The third kappa shape index (κ3) is 4.89. The molecule has 1 aliphatic heterocycles. The molecule has 184 valence electrons. The zero-order valence-corrected chi connectivity index (χ0v) is 20.0. The van der Waals surface area contributed by atoms with E-state index in [0.717, 1.165) is 32.8 Å². The largest absolute Gasteiger partial charge is 0.496 e. The number of hydrogen-bond donors (Lipinski definition) is 3. The lowest BCUT2D eigenvalue weighted by molar-refractivity contribution is 0.0360. The van der Waals surface area contributed by atoms with Gasteiger partial charge in [0, 0.05) is 48.8 Å². The van der Waals surface area contributed by atoms with Gasteiger partial charge >= 0.3 is 0 Å². The molecule has 1 saturated heterocycles. The Hall–Kier alpha value is -3.38. The summed E-state index contributed by atoms with van der Waals surface area (Å²) in [5.74, 6) is 0.799. The minimum absolute atomic E-state index is 0.185. The summed E-state index contributed by atoms with van der Waals surface area (Å²) >= 11 is 6.30. The van der Waals surface area contributed by atoms with Crippen LogP contribution in [0.4, 0.5) is 11.5 Å². The summed E-state index contributed by atoms with van der Waals surface area (Å²) in [6, 6.07) is 7.08. The van der Waals surface area contributed by atoms with Gasteiger partial charge in [0.25, 0.3) is 0 Å². The molecule has 1 aromatic carbocycles. The zero-order chi connectivity index (χ0) is 24.4. The van der Waals surface area contributed by atoms with Gasteiger partial charge in [0.2, 0.25) is 0 Å². The summed E-state index contributed by atoms with van der Waals surface area (Å²) in [5, 5.41) is 23.9. The summed E-state index contributed by atoms with van der Waals surface area (Å²) in [7, 11) is 1.59. The first-order valence-corrected chi connectivity index (χ1v) is 11.7. The van der Waals surface area contributed by atoms with Crippen LogP contribution in [0, 0.1) is 0 Å². The lowest BCUT2D eigenvalue weighted by atomic mass is 10.1. The van der Waals surface area contributed by atoms with Crippen molar-refractivity contribution in [2.45, 2.75) is 12.8 Å². The van der Waals surface area contributed by atoms with Gasteiger partial charge in [-0.25, -0.2) is 9.50 Å². The Morgan fingerprint density at radius 1 is 1.26 bits per heavy atom. The Kier molecular flexibility index (Phi) is 6.73. The molecule has 4 aromatic rings. The van der Waals surface area contributed by atoms with E-state index in [1.54, 1.807) is 43.8 Å². The first-order valence-electron chi connectivity index (χ1n) is 11.3. The van der Waals surface area contributed by atoms with Crippen molar-refractivity contribution in [1.82, 2.24) is 29.3 Å². The highest BCUT2D eigenvalue weighted by molar-refractivity contribution is 6.31. The third-order valence-corrected chi connectivity index (χ3v) is 6.19. The number of aliphatic hydroxyl groups is 1. The van der Waals surface area contributed by atoms with Crippen LogP contribution in [0.3, 0.4) is 0 Å². The number of anilines is 2. The lowest BCUT2D eigenvalue weighted by Crippen LogP contribution is -2.38. The van der Waals surface area contributed by atoms with Gasteiger partial charge in [-0.1, -0.05) is 11.6 Å². The van der Waals surface area contributed by atoms with E-state index in [9.17, 15) is 5.11 Å². The van der Waals surface area contributed by atoms with Crippen molar-refractivity contribution >= 4 is 28.8 Å². The van der Waals surface area contributed by atoms with E-state index in [4.69, 9.17) is 31.9 Å². The number of aromatic nitrogens is 5. The Bertz CT molecular complexity index is 1320. The topological polar surface area (TPSA) is 128 Å². The number of nitrogen functional groups attached to an aromatic ring is 1. The minimum atomic E-state index is -1.18. The monoisotopic (exact) mass is 498 g/mol. The van der Waals surface area contributed by atoms with Gasteiger partial charge < -0.3 is 25.6 Å². The van der Waals surface area contributed by atoms with Crippen LogP contribution in [0.15, 0.2) is 42.9 Å². The predicted octanol–water partition coefficient (Wildman–Crippen LogP) is 2.27. The quantitative estimate of drug-likeness (QED) is 0.313. The van der Waals surface area contributed by atoms with E-state index in [2.05, 4.69) is 20.3 Å². The number of rotatable bonds is 8. The van der Waals surface area contributed by atoms with E-state index in [1.165, 1.54) is 4.52 Å². The fraction of sp³-hybridized carbons (Fsp3) is 0.348. The van der Waals surface area contributed by atoms with Gasteiger partial charge in [-0.15, -0.1) is 5.10 Å². The number of methoxy groups -OCH3 is 1. The van der Waals surface area contributed by atoms with E-state index < -0.39 is 6.23 Å². The molecule has 4 heterocycles. The molecule has 11 nitrogen and oxygen atoms in total. The van der Waals surface area contributed by atoms with Crippen molar-refractivity contribution in [2.24, 2.45) is 0 Å². The van der Waals surface area contributed by atoms with Crippen LogP contribution in [0.2, 0.25) is 5.02 Å². The number of benzene rings is 1. The van der Waals surface area contributed by atoms with E-state index in [0.29, 0.717) is 45.5 Å². The maximum absolute atomic E-state index is 11.1. The molecular weight excluding hydrogens is 472 g/mol. The molecule has 0 radical (unpaired) electrons. The molecule has 0 saturated carbocycles. The Morgan fingerprint density at radius 2 is 2.09 bits per heavy atom. The summed E-state index contributed by atoms with van der Waals surface area (Å²) in [4.78, 5) is 6.65. The van der Waals surface area contributed by atoms with E-state index in [1.807, 2.05) is 10.9 Å². The number of nitrogens with two attached hydrogens (primary N) is 1. The van der Waals surface area contributed by atoms with Gasteiger partial charge in [0.15, 0.2) is 17.7 Å². The van der Waals surface area contributed by atoms with E-state index >= 15 is 0 Å². The molecule has 0 amide bonds. The van der Waals surface area contributed by atoms with Crippen LogP contribution in [-0.2, 0) is 11.3 Å². The summed E-state index contributed by atoms with van der Waals surface area (Å²) in [6.07, 6.45) is 4.02. The highest BCUT2D eigenvalue weighted by Crippen LogP contribution is 2.37. The molecule has 0 bridgehead atoms. The Balaban J connectivity index is 1.48. The molecule has 0 spiro atoms. The van der Waals surface area contributed by atoms with Crippen molar-refractivity contribution < 1.29 is 14.6 Å². The molecule has 1 aliphatic rings. The average molecular weight is 499 g/mol. The predicted molar refractivity (Wildman–Crippen MR) is 132 cm³/mol. The van der Waals surface area contributed by atoms with Gasteiger partial charge in [-0.05, 0) is 24.3 Å². The molecule has 35 heavy (non-hydrogen) atoms. The van der Waals surface area contributed by atoms with Crippen molar-refractivity contribution in [2.75, 3.05) is 51.0 Å². The number of morpholine rings is 1. The highest BCUT2D eigenvalue weighted by Gasteiger charge is 2.23. The number of nitrogens with one attached hydrogen (secondary N) is 1. The zero-order valence-electron chi connectivity index (χ0n) is 19.3. The molecule has 0 aliphatic carbocycles. The fourth-order valence-corrected chi connectivity index (χ4v) is 4.35. The average Bonchev–Trinajstić information content (AvgIpc) is 3.42. The summed E-state index contributed by atoms with van der Waals surface area (Å²) in [5.41, 5.74) is 8.84. The number of fused-ring (bicyclic) bond motifs is 1. The van der Waals surface area contributed by atoms with Crippen LogP contribution in [0.5, 0.6) is 5.75 Å². The van der Waals surface area contributed by atoms with Crippen LogP contribution >= 0.6 is 11.6 Å². The molecule has 5 rings (SSSR count). The number of aliphatic hydroxyl groups excluding tert-OH is 1. The number of halogens is 1. The fourth-order valence-electron chi connectivity index (χ4n) is 4.18. The molecule has 1 unspecified atom stereocenters. The van der Waals surface area contributed by atoms with Gasteiger partial charge in [0.1, 0.15) is 11.4 Å². The van der Waals surface area contributed by atoms with Crippen LogP contribution < -0.4 is 15.8 Å². The second-order valence-electron chi connectivity index (χ2n) is 8.19. The molecule has 1 fully saturated rings. The SMILES string of the molecule is COc1ccc(Cl)cc1-c1nn(CCN2CCOCC2)cc1NC(O)c1c(N)nn2cccnc12. The maximum atomic E-state index is 11.1. The Labute approximate surface area is 207 Å². The molecule has 4 N–H and O–H groups in total. The molecule has 12 heteroatoms. The van der Waals surface area contributed by atoms with Crippen LogP contribution in [0.1, 0.15) is 11.8 Å². The number of ether oxygens (including phenoxy) is 2. The second kappa shape index (κ2) is 10.1. The van der Waals surface area contributed by atoms with Gasteiger partial charge in [0.05, 0.1) is 38.1 Å². The van der Waals surface area contributed by atoms with Crippen LogP contribution in [-0.4, -0.2) is 74.3 Å². The third-order valence-electron chi connectivity index (χ3n) is 5.95. The highest BCUT2D eigenvalue weighted by atomic mass is 35.5. The Morgan fingerprint density at radius 3 is 2.89 bits per heavy atom. The first-order chi connectivity index (χ1) is 17.0.